The van der Waals surface area contributed by atoms with Gasteiger partial charge in [-0.3, -0.25) is 9.69 Å². The van der Waals surface area contributed by atoms with Gasteiger partial charge in [-0.1, -0.05) is 0 Å². The molecule has 1 aromatic rings. The van der Waals surface area contributed by atoms with Gasteiger partial charge in [0.25, 0.3) is 5.39 Å². The van der Waals surface area contributed by atoms with Crippen molar-refractivity contribution in [3.8, 4) is 5.75 Å². The molecule has 1 aliphatic rings. The summed E-state index contributed by atoms with van der Waals surface area (Å²) in [5.41, 5.74) is 0.451. The molecular weight excluding hydrogens is 262 g/mol. The van der Waals surface area contributed by atoms with Gasteiger partial charge in [0.1, 0.15) is 13.2 Å². The van der Waals surface area contributed by atoms with Gasteiger partial charge in [0, 0.05) is 31.0 Å². The Morgan fingerprint density at radius 2 is 2.30 bits per heavy atom. The highest BCUT2D eigenvalue weighted by Gasteiger charge is 2.21. The van der Waals surface area contributed by atoms with Gasteiger partial charge < -0.3 is 14.5 Å². The van der Waals surface area contributed by atoms with E-state index in [2.05, 4.69) is 15.0 Å². The summed E-state index contributed by atoms with van der Waals surface area (Å²) in [6.07, 6.45) is 1.50. The van der Waals surface area contributed by atoms with Crippen LogP contribution in [-0.2, 0) is 11.3 Å². The van der Waals surface area contributed by atoms with Crippen molar-refractivity contribution < 1.29 is 9.47 Å². The molecule has 1 aromatic heterocycles. The van der Waals surface area contributed by atoms with E-state index >= 15 is 0 Å². The van der Waals surface area contributed by atoms with Gasteiger partial charge in [-0.15, -0.1) is 0 Å². The molecule has 0 amide bonds. The molecule has 1 N–H and O–H groups in total. The third-order valence-corrected chi connectivity index (χ3v) is 3.10. The van der Waals surface area contributed by atoms with Crippen molar-refractivity contribution in [1.82, 2.24) is 14.9 Å². The third kappa shape index (κ3) is 3.69. The van der Waals surface area contributed by atoms with E-state index in [0.717, 1.165) is 13.1 Å². The molecular formula is C12H18N5O3+. The Bertz CT molecular complexity index is 533. The monoisotopic (exact) mass is 280 g/mol. The summed E-state index contributed by atoms with van der Waals surface area (Å²) >= 11 is 0. The molecule has 0 saturated carbocycles. The molecule has 0 spiro atoms. The number of H-pyrrole nitrogens is 1. The number of hydrogen-bond donors (Lipinski definition) is 1. The van der Waals surface area contributed by atoms with E-state index in [1.807, 2.05) is 0 Å². The third-order valence-electron chi connectivity index (χ3n) is 3.10. The highest BCUT2D eigenvalue weighted by molar-refractivity contribution is 5.20. The normalized spacial score (nSPS) is 15.6. The van der Waals surface area contributed by atoms with E-state index in [9.17, 15) is 4.79 Å². The van der Waals surface area contributed by atoms with E-state index in [4.69, 9.17) is 14.9 Å². The lowest BCUT2D eigenvalue weighted by Crippen LogP contribution is -2.41. The fourth-order valence-corrected chi connectivity index (χ4v) is 2.03. The predicted molar refractivity (Wildman–Crippen MR) is 71.5 cm³/mol. The lowest BCUT2D eigenvalue weighted by molar-refractivity contribution is 0.0160. The number of rotatable bonds is 5. The summed E-state index contributed by atoms with van der Waals surface area (Å²) in [7, 11) is 1.44. The quantitative estimate of drug-likeness (QED) is 0.614. The summed E-state index contributed by atoms with van der Waals surface area (Å²) in [5.74, 6) is 0.259. The Morgan fingerprint density at radius 1 is 1.55 bits per heavy atom. The van der Waals surface area contributed by atoms with Gasteiger partial charge in [-0.25, -0.2) is 0 Å². The van der Waals surface area contributed by atoms with E-state index in [1.54, 1.807) is 0 Å². The average molecular weight is 280 g/mol. The number of methoxy groups -OCH3 is 1. The molecule has 0 aliphatic carbocycles. The van der Waals surface area contributed by atoms with Crippen molar-refractivity contribution in [2.75, 3.05) is 40.1 Å². The Labute approximate surface area is 116 Å². The average Bonchev–Trinajstić information content (AvgIpc) is 2.48. The first kappa shape index (κ1) is 14.3. The van der Waals surface area contributed by atoms with Crippen LogP contribution in [-0.4, -0.2) is 55.0 Å². The number of aromatic amines is 1. The molecule has 8 nitrogen and oxygen atoms in total. The topological polar surface area (TPSA) is 85.9 Å². The van der Waals surface area contributed by atoms with Crippen LogP contribution in [0.15, 0.2) is 17.1 Å². The second-order valence-electron chi connectivity index (χ2n) is 4.52. The minimum Gasteiger partial charge on any atom is -0.491 e. The Morgan fingerprint density at radius 3 is 2.90 bits per heavy atom. The van der Waals surface area contributed by atoms with Crippen molar-refractivity contribution in [2.45, 2.75) is 6.54 Å². The van der Waals surface area contributed by atoms with Gasteiger partial charge in [-0.05, 0) is 5.01 Å². The summed E-state index contributed by atoms with van der Waals surface area (Å²) in [4.78, 5) is 16.7. The van der Waals surface area contributed by atoms with Crippen LogP contribution in [0.2, 0.25) is 0 Å². The Balaban J connectivity index is 1.97. The first-order valence-corrected chi connectivity index (χ1v) is 6.38. The zero-order valence-corrected chi connectivity index (χ0v) is 11.4. The van der Waals surface area contributed by atoms with Crippen molar-refractivity contribution >= 4 is 0 Å². The van der Waals surface area contributed by atoms with Crippen LogP contribution in [0.1, 0.15) is 5.69 Å². The van der Waals surface area contributed by atoms with Crippen LogP contribution in [0.4, 0.5) is 0 Å². The second-order valence-corrected chi connectivity index (χ2v) is 4.52. The first-order valence-electron chi connectivity index (χ1n) is 6.38. The molecule has 108 valence electrons. The zero-order valence-electron chi connectivity index (χ0n) is 11.4. The molecule has 0 bridgehead atoms. The number of morpholine rings is 1. The first-order chi connectivity index (χ1) is 9.72. The zero-order chi connectivity index (χ0) is 14.4. The van der Waals surface area contributed by atoms with Gasteiger partial charge in [0.15, 0.2) is 5.75 Å². The highest BCUT2D eigenvalue weighted by Crippen LogP contribution is 2.06. The summed E-state index contributed by atoms with van der Waals surface area (Å²) < 4.78 is 10.2. The van der Waals surface area contributed by atoms with Gasteiger partial charge in [0.05, 0.1) is 20.3 Å². The molecule has 0 atom stereocenters. The molecule has 20 heavy (non-hydrogen) atoms. The van der Waals surface area contributed by atoms with Crippen molar-refractivity contribution in [3.63, 3.8) is 0 Å². The van der Waals surface area contributed by atoms with Crippen molar-refractivity contribution in [3.05, 3.63) is 33.3 Å². The van der Waals surface area contributed by atoms with E-state index < -0.39 is 0 Å². The van der Waals surface area contributed by atoms with E-state index in [0.29, 0.717) is 32.1 Å². The minimum absolute atomic E-state index is 0.203. The largest absolute Gasteiger partial charge is 0.491 e. The van der Waals surface area contributed by atoms with Crippen LogP contribution in [0, 0.1) is 5.39 Å². The maximum atomic E-state index is 11.6. The number of hydrogen-bond acceptors (Lipinski definition) is 6. The molecule has 0 radical (unpaired) electrons. The lowest BCUT2D eigenvalue weighted by atomic mass is 10.3. The number of nitrogens with one attached hydrogen (secondary N) is 1. The molecule has 0 aromatic carbocycles. The van der Waals surface area contributed by atoms with Crippen LogP contribution in [0.5, 0.6) is 5.75 Å². The maximum Gasteiger partial charge on any atom is 0.307 e. The van der Waals surface area contributed by atoms with Crippen LogP contribution >= 0.6 is 0 Å². The molecule has 2 rings (SSSR count). The summed E-state index contributed by atoms with van der Waals surface area (Å²) in [6.45, 7) is 3.74. The fourth-order valence-electron chi connectivity index (χ4n) is 2.03. The molecule has 0 unspecified atom stereocenters. The molecule has 1 aliphatic heterocycles. The smallest absolute Gasteiger partial charge is 0.307 e. The van der Waals surface area contributed by atoms with Gasteiger partial charge in [0.2, 0.25) is 5.43 Å². The summed E-state index contributed by atoms with van der Waals surface area (Å²) in [6, 6.07) is 1.44. The lowest BCUT2D eigenvalue weighted by Gasteiger charge is -2.25. The van der Waals surface area contributed by atoms with Crippen LogP contribution in [0.3, 0.4) is 0 Å². The van der Waals surface area contributed by atoms with Crippen molar-refractivity contribution in [2.24, 2.45) is 0 Å². The minimum atomic E-state index is -0.203. The molecule has 1 saturated heterocycles. The van der Waals surface area contributed by atoms with E-state index in [-0.39, 0.29) is 11.2 Å². The summed E-state index contributed by atoms with van der Waals surface area (Å²) in [5, 5.41) is 13.8. The van der Waals surface area contributed by atoms with Crippen LogP contribution in [0.25, 0.3) is 5.08 Å². The maximum absolute atomic E-state index is 11.6. The Hall–Kier alpha value is -2.11. The SMILES string of the molecule is COc1c[nH]c(CN(CN2CCOCC2)[N+]#N)cc1=O. The number of pyridine rings is 1. The number of ether oxygens (including phenoxy) is 2. The Kier molecular flexibility index (Phi) is 4.92. The number of nitrogens with zero attached hydrogens (tertiary/aromatic N) is 4. The molecule has 8 heteroatoms. The molecule has 1 fully saturated rings. The standard InChI is InChI=1S/C12H17N5O3/c1-19-12-7-14-10(6-11(12)18)8-17(15-13)9-16-2-4-20-5-3-16/h6-7H,2-5,8-9H2,1H3/p+1. The predicted octanol–water partition coefficient (Wildman–Crippen LogP) is 0.243. The number of aromatic nitrogens is 1. The van der Waals surface area contributed by atoms with Gasteiger partial charge >= 0.3 is 5.08 Å². The van der Waals surface area contributed by atoms with Crippen molar-refractivity contribution in [1.29, 1.82) is 5.39 Å². The number of diazo groups is 1. The second kappa shape index (κ2) is 6.88. The molecule has 2 heterocycles. The fraction of sp³-hybridized carbons (Fsp3) is 0.583. The highest BCUT2D eigenvalue weighted by atomic mass is 16.5. The van der Waals surface area contributed by atoms with Gasteiger partial charge in [-0.2, -0.15) is 0 Å². The van der Waals surface area contributed by atoms with Crippen LogP contribution < -0.4 is 10.2 Å². The van der Waals surface area contributed by atoms with E-state index in [1.165, 1.54) is 24.4 Å².